The van der Waals surface area contributed by atoms with E-state index in [2.05, 4.69) is 9.97 Å². The van der Waals surface area contributed by atoms with E-state index in [-0.39, 0.29) is 27.4 Å². The van der Waals surface area contributed by atoms with E-state index in [4.69, 9.17) is 9.47 Å². The van der Waals surface area contributed by atoms with Crippen molar-refractivity contribution in [1.29, 1.82) is 0 Å². The standard InChI is InChI=1S/C25H21N3O6S/c1-12-9-16-10-14(6-7-17(16)34-12)20(29)18-19(15-5-4-8-26-11-15)28(23(31)21(18)30)25-27-13(2)22(35-25)24(32)33-3/h4-8,10-12,19,29H,9H2,1-3H3/t12-,19-/m0/s1. The maximum Gasteiger partial charge on any atom is 0.350 e. The summed E-state index contributed by atoms with van der Waals surface area (Å²) in [6.45, 7) is 3.57. The highest BCUT2D eigenvalue weighted by Crippen LogP contribution is 2.44. The summed E-state index contributed by atoms with van der Waals surface area (Å²) in [6, 6.07) is 7.58. The first-order valence-corrected chi connectivity index (χ1v) is 11.7. The summed E-state index contributed by atoms with van der Waals surface area (Å²) in [7, 11) is 1.26. The third-order valence-electron chi connectivity index (χ3n) is 5.98. The SMILES string of the molecule is COC(=O)c1sc(N2C(=O)C(=O)C(=C(O)c3ccc4c(c3)C[C@H](C)O4)[C@@H]2c2cccnc2)nc1C. The molecule has 2 aliphatic heterocycles. The molecule has 1 saturated heterocycles. The zero-order valence-electron chi connectivity index (χ0n) is 19.1. The Morgan fingerprint density at radius 1 is 1.29 bits per heavy atom. The van der Waals surface area contributed by atoms with Crippen LogP contribution in [0.4, 0.5) is 5.13 Å². The lowest BCUT2D eigenvalue weighted by atomic mass is 9.95. The number of rotatable bonds is 4. The second-order valence-corrected chi connectivity index (χ2v) is 9.29. The molecule has 1 N–H and O–H groups in total. The van der Waals surface area contributed by atoms with E-state index in [1.807, 2.05) is 6.92 Å². The van der Waals surface area contributed by atoms with Gasteiger partial charge >= 0.3 is 11.9 Å². The summed E-state index contributed by atoms with van der Waals surface area (Å²) in [5.41, 5.74) is 2.11. The molecule has 2 aliphatic rings. The number of Topliss-reactive ketones (excluding diaryl/α,β-unsaturated/α-hetero) is 1. The number of fused-ring (bicyclic) bond motifs is 1. The number of thiazole rings is 1. The fraction of sp³-hybridized carbons (Fsp3) is 0.240. The van der Waals surface area contributed by atoms with Gasteiger partial charge in [0.2, 0.25) is 0 Å². The number of anilines is 1. The smallest absolute Gasteiger partial charge is 0.350 e. The lowest BCUT2D eigenvalue weighted by Crippen LogP contribution is -2.29. The second kappa shape index (κ2) is 8.62. The number of ether oxygens (including phenoxy) is 2. The van der Waals surface area contributed by atoms with Crippen molar-refractivity contribution in [2.24, 2.45) is 0 Å². The molecule has 1 fully saturated rings. The minimum absolute atomic E-state index is 0.0144. The zero-order valence-corrected chi connectivity index (χ0v) is 20.0. The monoisotopic (exact) mass is 491 g/mol. The third-order valence-corrected chi connectivity index (χ3v) is 7.11. The van der Waals surface area contributed by atoms with Gasteiger partial charge in [0.1, 0.15) is 22.5 Å². The minimum atomic E-state index is -0.983. The van der Waals surface area contributed by atoms with Crippen molar-refractivity contribution in [3.05, 3.63) is 75.6 Å². The molecule has 4 heterocycles. The molecule has 1 aromatic carbocycles. The number of esters is 1. The first-order valence-electron chi connectivity index (χ1n) is 10.9. The Morgan fingerprint density at radius 3 is 2.80 bits per heavy atom. The Morgan fingerprint density at radius 2 is 2.09 bits per heavy atom. The molecular weight excluding hydrogens is 470 g/mol. The first-order chi connectivity index (χ1) is 16.8. The highest BCUT2D eigenvalue weighted by atomic mass is 32.1. The highest BCUT2D eigenvalue weighted by Gasteiger charge is 2.48. The molecule has 0 saturated carbocycles. The van der Waals surface area contributed by atoms with Gasteiger partial charge in [-0.25, -0.2) is 9.78 Å². The molecule has 0 bridgehead atoms. The van der Waals surface area contributed by atoms with Crippen LogP contribution in [-0.2, 0) is 20.7 Å². The van der Waals surface area contributed by atoms with Crippen LogP contribution in [0.2, 0.25) is 0 Å². The maximum atomic E-state index is 13.3. The predicted octanol–water partition coefficient (Wildman–Crippen LogP) is 3.58. The number of methoxy groups -OCH3 is 1. The van der Waals surface area contributed by atoms with Crippen LogP contribution in [0, 0.1) is 6.92 Å². The lowest BCUT2D eigenvalue weighted by Gasteiger charge is -2.22. The fourth-order valence-electron chi connectivity index (χ4n) is 4.38. The Balaban J connectivity index is 1.67. The van der Waals surface area contributed by atoms with Crippen molar-refractivity contribution >= 4 is 39.9 Å². The molecule has 1 amide bonds. The number of ketones is 1. The van der Waals surface area contributed by atoms with E-state index in [1.54, 1.807) is 43.5 Å². The van der Waals surface area contributed by atoms with Gasteiger partial charge in [0.05, 0.1) is 24.4 Å². The van der Waals surface area contributed by atoms with E-state index in [0.717, 1.165) is 22.6 Å². The van der Waals surface area contributed by atoms with Crippen LogP contribution in [0.25, 0.3) is 5.76 Å². The highest BCUT2D eigenvalue weighted by molar-refractivity contribution is 7.17. The molecule has 2 atom stereocenters. The predicted molar refractivity (Wildman–Crippen MR) is 127 cm³/mol. The number of nitrogens with zero attached hydrogens (tertiary/aromatic N) is 3. The Kier molecular flexibility index (Phi) is 5.60. The number of amides is 1. The van der Waals surface area contributed by atoms with Crippen LogP contribution in [0.3, 0.4) is 0 Å². The minimum Gasteiger partial charge on any atom is -0.507 e. The number of aryl methyl sites for hydroxylation is 1. The average Bonchev–Trinajstić information content (AvgIpc) is 3.50. The van der Waals surface area contributed by atoms with Crippen molar-refractivity contribution in [3.63, 3.8) is 0 Å². The maximum absolute atomic E-state index is 13.3. The zero-order chi connectivity index (χ0) is 24.9. The van der Waals surface area contributed by atoms with E-state index < -0.39 is 23.7 Å². The summed E-state index contributed by atoms with van der Waals surface area (Å²) < 4.78 is 10.5. The summed E-state index contributed by atoms with van der Waals surface area (Å²) in [6.07, 6.45) is 3.78. The van der Waals surface area contributed by atoms with Gasteiger partial charge in [0.15, 0.2) is 5.13 Å². The van der Waals surface area contributed by atoms with E-state index >= 15 is 0 Å². The molecule has 178 valence electrons. The number of benzene rings is 1. The largest absolute Gasteiger partial charge is 0.507 e. The number of aromatic nitrogens is 2. The van der Waals surface area contributed by atoms with Crippen LogP contribution < -0.4 is 9.64 Å². The molecule has 0 spiro atoms. The number of carbonyl (C=O) groups excluding carboxylic acids is 3. The van der Waals surface area contributed by atoms with Crippen LogP contribution in [0.1, 0.15) is 45.0 Å². The number of aliphatic hydroxyl groups excluding tert-OH is 1. The van der Waals surface area contributed by atoms with Crippen LogP contribution in [-0.4, -0.2) is 45.9 Å². The molecule has 35 heavy (non-hydrogen) atoms. The molecule has 10 heteroatoms. The molecule has 0 unspecified atom stereocenters. The van der Waals surface area contributed by atoms with Gasteiger partial charge in [-0.2, -0.15) is 0 Å². The summed E-state index contributed by atoms with van der Waals surface area (Å²) >= 11 is 0.946. The Bertz CT molecular complexity index is 1400. The first kappa shape index (κ1) is 22.7. The molecule has 9 nitrogen and oxygen atoms in total. The van der Waals surface area contributed by atoms with Gasteiger partial charge in [-0.1, -0.05) is 17.4 Å². The van der Waals surface area contributed by atoms with Crippen LogP contribution >= 0.6 is 11.3 Å². The Labute approximate surface area is 204 Å². The topological polar surface area (TPSA) is 119 Å². The van der Waals surface area contributed by atoms with Gasteiger partial charge in [-0.05, 0) is 49.2 Å². The van der Waals surface area contributed by atoms with Crippen LogP contribution in [0.5, 0.6) is 5.75 Å². The second-order valence-electron chi connectivity index (χ2n) is 8.31. The summed E-state index contributed by atoms with van der Waals surface area (Å²) in [5.74, 6) is -1.87. The van der Waals surface area contributed by atoms with Gasteiger partial charge < -0.3 is 14.6 Å². The lowest BCUT2D eigenvalue weighted by molar-refractivity contribution is -0.132. The number of hydrogen-bond acceptors (Lipinski definition) is 9. The molecule has 0 radical (unpaired) electrons. The average molecular weight is 492 g/mol. The number of hydrogen-bond donors (Lipinski definition) is 1. The van der Waals surface area contributed by atoms with Crippen LogP contribution in [0.15, 0.2) is 48.3 Å². The molecule has 2 aromatic heterocycles. The molecular formula is C25H21N3O6S. The molecule has 3 aromatic rings. The Hall–Kier alpha value is -4.05. The van der Waals surface area contributed by atoms with Gasteiger partial charge in [-0.3, -0.25) is 19.5 Å². The normalized spacial score (nSPS) is 20.6. The summed E-state index contributed by atoms with van der Waals surface area (Å²) in [5, 5.41) is 11.5. The molecule has 0 aliphatic carbocycles. The van der Waals surface area contributed by atoms with Crippen molar-refractivity contribution in [3.8, 4) is 5.75 Å². The third kappa shape index (κ3) is 3.75. The van der Waals surface area contributed by atoms with Gasteiger partial charge in [0, 0.05) is 24.4 Å². The van der Waals surface area contributed by atoms with Gasteiger partial charge in [0.25, 0.3) is 5.78 Å². The van der Waals surface area contributed by atoms with Crippen molar-refractivity contribution in [2.45, 2.75) is 32.4 Å². The van der Waals surface area contributed by atoms with E-state index in [0.29, 0.717) is 23.2 Å². The van der Waals surface area contributed by atoms with Gasteiger partial charge in [-0.15, -0.1) is 0 Å². The molecule has 5 rings (SSSR count). The fourth-order valence-corrected chi connectivity index (χ4v) is 5.39. The van der Waals surface area contributed by atoms with Crippen molar-refractivity contribution < 1.29 is 29.0 Å². The number of carbonyl (C=O) groups is 3. The van der Waals surface area contributed by atoms with E-state index in [1.165, 1.54) is 18.2 Å². The quantitative estimate of drug-likeness (QED) is 0.255. The van der Waals surface area contributed by atoms with E-state index in [9.17, 15) is 19.5 Å². The van der Waals surface area contributed by atoms with Crippen molar-refractivity contribution in [2.75, 3.05) is 12.0 Å². The number of pyridine rings is 1. The number of aliphatic hydroxyl groups is 1. The summed E-state index contributed by atoms with van der Waals surface area (Å²) in [4.78, 5) is 48.6. The van der Waals surface area contributed by atoms with Crippen molar-refractivity contribution in [1.82, 2.24) is 9.97 Å².